The fraction of sp³-hybridized carbons (Fsp3) is 0.308. The minimum absolute atomic E-state index is 0.0601. The first kappa shape index (κ1) is 14.7. The molecule has 1 amide bonds. The van der Waals surface area contributed by atoms with Crippen LogP contribution < -0.4 is 16.8 Å². The summed E-state index contributed by atoms with van der Waals surface area (Å²) >= 11 is 0. The molecule has 102 valence electrons. The first-order valence-electron chi connectivity index (χ1n) is 6.10. The van der Waals surface area contributed by atoms with Crippen LogP contribution in [0.15, 0.2) is 34.5 Å². The number of carbonyl (C=O) groups is 1. The van der Waals surface area contributed by atoms with Gasteiger partial charge in [0, 0.05) is 18.5 Å². The molecule has 5 N–H and O–H groups in total. The highest BCUT2D eigenvalue weighted by Gasteiger charge is 2.01. The smallest absolute Gasteiger partial charge is 0.220 e. The van der Waals surface area contributed by atoms with Crippen LogP contribution >= 0.6 is 0 Å². The summed E-state index contributed by atoms with van der Waals surface area (Å²) in [4.78, 5) is 11.3. The third-order valence-corrected chi connectivity index (χ3v) is 2.45. The van der Waals surface area contributed by atoms with E-state index in [-0.39, 0.29) is 5.91 Å². The number of nitrogens with two attached hydrogens (primary N) is 2. The van der Waals surface area contributed by atoms with E-state index < -0.39 is 0 Å². The Morgan fingerprint density at radius 3 is 2.63 bits per heavy atom. The van der Waals surface area contributed by atoms with E-state index in [0.29, 0.717) is 18.8 Å². The monoisotopic (exact) mass is 261 g/mol. The lowest BCUT2D eigenvalue weighted by Crippen LogP contribution is -2.22. The molecule has 6 nitrogen and oxygen atoms in total. The predicted molar refractivity (Wildman–Crippen MR) is 76.6 cm³/mol. The molecule has 19 heavy (non-hydrogen) atoms. The van der Waals surface area contributed by atoms with E-state index in [1.807, 2.05) is 31.2 Å². The molecule has 0 unspecified atom stereocenters. The van der Waals surface area contributed by atoms with Crippen LogP contribution in [-0.2, 0) is 11.3 Å². The van der Waals surface area contributed by atoms with Crippen molar-refractivity contribution in [3.05, 3.63) is 35.4 Å². The van der Waals surface area contributed by atoms with Gasteiger partial charge in [-0.3, -0.25) is 4.79 Å². The van der Waals surface area contributed by atoms with Crippen LogP contribution in [-0.4, -0.2) is 18.1 Å². The van der Waals surface area contributed by atoms with Gasteiger partial charge in [0.1, 0.15) is 6.34 Å². The summed E-state index contributed by atoms with van der Waals surface area (Å²) in [7, 11) is 0. The minimum Gasteiger partial charge on any atom is -0.388 e. The van der Waals surface area contributed by atoms with Crippen molar-refractivity contribution in [3.8, 4) is 0 Å². The van der Waals surface area contributed by atoms with Gasteiger partial charge >= 0.3 is 0 Å². The molecule has 0 heterocycles. The van der Waals surface area contributed by atoms with Crippen LogP contribution in [0.2, 0.25) is 0 Å². The number of nitrogens with one attached hydrogen (secondary N) is 1. The Morgan fingerprint density at radius 2 is 2.05 bits per heavy atom. The number of amides is 1. The van der Waals surface area contributed by atoms with E-state index in [1.165, 1.54) is 0 Å². The van der Waals surface area contributed by atoms with Crippen molar-refractivity contribution < 1.29 is 4.79 Å². The number of hydrogen-bond acceptors (Lipinski definition) is 3. The second-order valence-corrected chi connectivity index (χ2v) is 3.97. The van der Waals surface area contributed by atoms with E-state index in [9.17, 15) is 4.79 Å². The first-order valence-corrected chi connectivity index (χ1v) is 6.10. The average molecular weight is 261 g/mol. The molecule has 6 heteroatoms. The number of benzene rings is 1. The third kappa shape index (κ3) is 5.20. The maximum absolute atomic E-state index is 11.3. The summed E-state index contributed by atoms with van der Waals surface area (Å²) in [5.41, 5.74) is 12.5. The Labute approximate surface area is 112 Å². The molecule has 0 aliphatic heterocycles. The molecule has 1 aromatic rings. The molecule has 0 saturated carbocycles. The van der Waals surface area contributed by atoms with Gasteiger partial charge in [-0.15, -0.1) is 10.2 Å². The molecule has 0 aromatic heterocycles. The van der Waals surface area contributed by atoms with E-state index >= 15 is 0 Å². The number of hydrogen-bond donors (Lipinski definition) is 3. The molecule has 0 saturated heterocycles. The van der Waals surface area contributed by atoms with Crippen molar-refractivity contribution in [2.45, 2.75) is 26.3 Å². The van der Waals surface area contributed by atoms with Crippen LogP contribution in [0.25, 0.3) is 0 Å². The Balaban J connectivity index is 2.59. The fourth-order valence-electron chi connectivity index (χ4n) is 1.46. The normalized spacial score (nSPS) is 11.7. The van der Waals surface area contributed by atoms with Gasteiger partial charge in [-0.1, -0.05) is 31.2 Å². The minimum atomic E-state index is 0.0601. The Kier molecular flexibility index (Phi) is 6.08. The van der Waals surface area contributed by atoms with E-state index in [1.54, 1.807) is 0 Å². The average Bonchev–Trinajstić information content (AvgIpc) is 2.43. The van der Waals surface area contributed by atoms with Gasteiger partial charge in [0.25, 0.3) is 0 Å². The topological polar surface area (TPSA) is 106 Å². The molecule has 0 spiro atoms. The van der Waals surface area contributed by atoms with E-state index in [0.717, 1.165) is 23.9 Å². The standard InChI is InChI=1S/C13H19N5O/c1-2-3-12(19)16-8-10-4-6-11(7-5-10)13(15)18-17-9-14/h4-7,9H,2-3,8H2,1H3,(H2,14,17)(H2,15,18)(H,16,19). The predicted octanol–water partition coefficient (Wildman–Crippen LogP) is 0.710. The number of nitrogens with zero attached hydrogens (tertiary/aromatic N) is 2. The molecule has 0 aliphatic rings. The zero-order chi connectivity index (χ0) is 14.1. The molecule has 0 radical (unpaired) electrons. The van der Waals surface area contributed by atoms with Crippen molar-refractivity contribution in [2.75, 3.05) is 0 Å². The van der Waals surface area contributed by atoms with Gasteiger partial charge in [0.2, 0.25) is 5.91 Å². The highest BCUT2D eigenvalue weighted by molar-refractivity contribution is 5.97. The quantitative estimate of drug-likeness (QED) is 0.399. The molecule has 1 aromatic carbocycles. The summed E-state index contributed by atoms with van der Waals surface area (Å²) in [6, 6.07) is 7.42. The van der Waals surface area contributed by atoms with Crippen molar-refractivity contribution in [2.24, 2.45) is 21.7 Å². The first-order chi connectivity index (χ1) is 9.17. The van der Waals surface area contributed by atoms with Crippen LogP contribution in [0.4, 0.5) is 0 Å². The summed E-state index contributed by atoms with van der Waals surface area (Å²) in [6.45, 7) is 2.48. The lowest BCUT2D eigenvalue weighted by molar-refractivity contribution is -0.121. The van der Waals surface area contributed by atoms with Gasteiger partial charge in [-0.05, 0) is 12.0 Å². The van der Waals surface area contributed by atoms with Gasteiger partial charge in [-0.2, -0.15) is 0 Å². The number of carbonyl (C=O) groups excluding carboxylic acids is 1. The zero-order valence-corrected chi connectivity index (χ0v) is 11.0. The molecule has 0 bridgehead atoms. The van der Waals surface area contributed by atoms with E-state index in [2.05, 4.69) is 15.5 Å². The maximum Gasteiger partial charge on any atom is 0.220 e. The van der Waals surface area contributed by atoms with Gasteiger partial charge in [0.05, 0.1) is 0 Å². The van der Waals surface area contributed by atoms with Crippen molar-refractivity contribution in [1.82, 2.24) is 5.32 Å². The summed E-state index contributed by atoms with van der Waals surface area (Å²) in [6.07, 6.45) is 2.47. The Hall–Kier alpha value is -2.37. The lowest BCUT2D eigenvalue weighted by atomic mass is 10.1. The molecule has 0 aliphatic carbocycles. The van der Waals surface area contributed by atoms with Crippen LogP contribution in [0.1, 0.15) is 30.9 Å². The molecule has 0 fully saturated rings. The molecule has 0 atom stereocenters. The number of rotatable bonds is 6. The second-order valence-electron chi connectivity index (χ2n) is 3.97. The highest BCUT2D eigenvalue weighted by atomic mass is 16.1. The SMILES string of the molecule is CCCC(=O)NCc1ccc(/C(N)=N/N=C\N)cc1. The largest absolute Gasteiger partial charge is 0.388 e. The summed E-state index contributed by atoms with van der Waals surface area (Å²) in [5.74, 6) is 0.355. The molecular weight excluding hydrogens is 242 g/mol. The van der Waals surface area contributed by atoms with E-state index in [4.69, 9.17) is 11.5 Å². The Morgan fingerprint density at radius 1 is 1.37 bits per heavy atom. The summed E-state index contributed by atoms with van der Waals surface area (Å²) < 4.78 is 0. The van der Waals surface area contributed by atoms with Crippen molar-refractivity contribution in [1.29, 1.82) is 0 Å². The molecule has 1 rings (SSSR count). The second kappa shape index (κ2) is 7.86. The van der Waals surface area contributed by atoms with Crippen molar-refractivity contribution in [3.63, 3.8) is 0 Å². The van der Waals surface area contributed by atoms with Crippen LogP contribution in [0, 0.1) is 0 Å². The number of amidine groups is 1. The lowest BCUT2D eigenvalue weighted by Gasteiger charge is -2.05. The fourth-order valence-corrected chi connectivity index (χ4v) is 1.46. The molecular formula is C13H19N5O. The highest BCUT2D eigenvalue weighted by Crippen LogP contribution is 2.04. The van der Waals surface area contributed by atoms with Crippen LogP contribution in [0.3, 0.4) is 0 Å². The summed E-state index contributed by atoms with van der Waals surface area (Å²) in [5, 5.41) is 10.1. The maximum atomic E-state index is 11.3. The van der Waals surface area contributed by atoms with Gasteiger partial charge in [0.15, 0.2) is 5.84 Å². The van der Waals surface area contributed by atoms with Crippen LogP contribution in [0.5, 0.6) is 0 Å². The zero-order valence-electron chi connectivity index (χ0n) is 11.0. The van der Waals surface area contributed by atoms with Crippen molar-refractivity contribution >= 4 is 18.1 Å². The van der Waals surface area contributed by atoms with Gasteiger partial charge in [-0.25, -0.2) is 0 Å². The third-order valence-electron chi connectivity index (χ3n) is 2.45. The van der Waals surface area contributed by atoms with Gasteiger partial charge < -0.3 is 16.8 Å². The Bertz CT molecular complexity index is 464.